The lowest BCUT2D eigenvalue weighted by molar-refractivity contribution is 0.0663. The molecule has 2 aromatic carbocycles. The van der Waals surface area contributed by atoms with E-state index in [0.29, 0.717) is 28.3 Å². The predicted molar refractivity (Wildman–Crippen MR) is 96.8 cm³/mol. The average molecular weight is 351 g/mol. The first kappa shape index (κ1) is 17.3. The first-order valence-corrected chi connectivity index (χ1v) is 7.88. The smallest absolute Gasteiger partial charge is 0.371 e. The van der Waals surface area contributed by atoms with E-state index in [2.05, 4.69) is 5.32 Å². The zero-order valence-corrected chi connectivity index (χ0v) is 14.3. The number of furan rings is 1. The highest BCUT2D eigenvalue weighted by atomic mass is 16.5. The number of benzene rings is 2. The molecule has 0 atom stereocenters. The van der Waals surface area contributed by atoms with Gasteiger partial charge in [-0.15, -0.1) is 0 Å². The first-order chi connectivity index (χ1) is 12.5. The van der Waals surface area contributed by atoms with Crippen LogP contribution in [0.15, 0.2) is 59.0 Å². The summed E-state index contributed by atoms with van der Waals surface area (Å²) >= 11 is 0. The van der Waals surface area contributed by atoms with Crippen molar-refractivity contribution in [2.24, 2.45) is 0 Å². The van der Waals surface area contributed by atoms with Crippen LogP contribution in [0.25, 0.3) is 11.3 Å². The lowest BCUT2D eigenvalue weighted by Gasteiger charge is -2.11. The summed E-state index contributed by atoms with van der Waals surface area (Å²) in [5.41, 5.74) is 2.54. The molecule has 3 rings (SSSR count). The van der Waals surface area contributed by atoms with E-state index < -0.39 is 5.97 Å². The number of carbonyl (C=O) groups is 2. The van der Waals surface area contributed by atoms with Crippen molar-refractivity contribution in [3.8, 4) is 17.1 Å². The Balaban J connectivity index is 1.93. The molecule has 6 heteroatoms. The van der Waals surface area contributed by atoms with Crippen LogP contribution < -0.4 is 10.1 Å². The largest absolute Gasteiger partial charge is 0.496 e. The second kappa shape index (κ2) is 7.14. The zero-order chi connectivity index (χ0) is 18.7. The van der Waals surface area contributed by atoms with Gasteiger partial charge in [0.05, 0.1) is 12.7 Å². The van der Waals surface area contributed by atoms with Gasteiger partial charge in [0.1, 0.15) is 11.5 Å². The lowest BCUT2D eigenvalue weighted by Crippen LogP contribution is -2.13. The molecule has 0 spiro atoms. The normalized spacial score (nSPS) is 10.4. The first-order valence-electron chi connectivity index (χ1n) is 7.88. The quantitative estimate of drug-likeness (QED) is 0.719. The van der Waals surface area contributed by atoms with Gasteiger partial charge in [0, 0.05) is 11.3 Å². The van der Waals surface area contributed by atoms with E-state index in [0.717, 1.165) is 5.56 Å². The second-order valence-corrected chi connectivity index (χ2v) is 5.65. The number of aromatic carboxylic acids is 1. The number of rotatable bonds is 5. The SMILES string of the molecule is COc1ccc(NC(=O)c2ccccc2C)cc1-c1ccc(C(=O)O)o1. The van der Waals surface area contributed by atoms with E-state index in [-0.39, 0.29) is 11.7 Å². The van der Waals surface area contributed by atoms with Crippen molar-refractivity contribution in [1.29, 1.82) is 0 Å². The summed E-state index contributed by atoms with van der Waals surface area (Å²) < 4.78 is 10.7. The number of anilines is 1. The van der Waals surface area contributed by atoms with Crippen LogP contribution in [0, 0.1) is 6.92 Å². The molecular weight excluding hydrogens is 334 g/mol. The van der Waals surface area contributed by atoms with Crippen LogP contribution in [0.2, 0.25) is 0 Å². The lowest BCUT2D eigenvalue weighted by atomic mass is 10.1. The molecule has 0 aliphatic heterocycles. The van der Waals surface area contributed by atoms with E-state index in [9.17, 15) is 9.59 Å². The predicted octanol–water partition coefficient (Wildman–Crippen LogP) is 4.21. The van der Waals surface area contributed by atoms with Crippen molar-refractivity contribution in [2.75, 3.05) is 12.4 Å². The van der Waals surface area contributed by atoms with Crippen LogP contribution in [-0.4, -0.2) is 24.1 Å². The van der Waals surface area contributed by atoms with Gasteiger partial charge >= 0.3 is 5.97 Å². The summed E-state index contributed by atoms with van der Waals surface area (Å²) in [7, 11) is 1.51. The van der Waals surface area contributed by atoms with E-state index in [1.165, 1.54) is 13.2 Å². The Hall–Kier alpha value is -3.54. The molecule has 0 bridgehead atoms. The van der Waals surface area contributed by atoms with Gasteiger partial charge in [0.15, 0.2) is 0 Å². The number of carboxylic acid groups (broad SMARTS) is 1. The number of carbonyl (C=O) groups excluding carboxylic acids is 1. The topological polar surface area (TPSA) is 88.8 Å². The maximum Gasteiger partial charge on any atom is 0.371 e. The fourth-order valence-electron chi connectivity index (χ4n) is 2.60. The standard InChI is InChI=1S/C20H17NO5/c1-12-5-3-4-6-14(12)19(22)21-13-7-8-16(25-2)15(11-13)17-9-10-18(26-17)20(23)24/h3-11H,1-2H3,(H,21,22)(H,23,24). The highest BCUT2D eigenvalue weighted by molar-refractivity contribution is 6.05. The number of carboxylic acids is 1. The maximum atomic E-state index is 12.5. The highest BCUT2D eigenvalue weighted by Gasteiger charge is 2.16. The number of aryl methyl sites for hydroxylation is 1. The molecule has 3 aromatic rings. The third-order valence-corrected chi connectivity index (χ3v) is 3.93. The van der Waals surface area contributed by atoms with Gasteiger partial charge in [-0.3, -0.25) is 4.79 Å². The summed E-state index contributed by atoms with van der Waals surface area (Å²) in [6, 6.07) is 15.3. The Labute approximate surface area is 150 Å². The Morgan fingerprint density at radius 1 is 1.08 bits per heavy atom. The fourth-order valence-corrected chi connectivity index (χ4v) is 2.60. The number of ether oxygens (including phenoxy) is 1. The number of hydrogen-bond donors (Lipinski definition) is 2. The van der Waals surface area contributed by atoms with Crippen molar-refractivity contribution in [2.45, 2.75) is 6.92 Å². The van der Waals surface area contributed by atoms with Gasteiger partial charge in [-0.05, 0) is 48.9 Å². The van der Waals surface area contributed by atoms with E-state index in [1.54, 1.807) is 36.4 Å². The molecule has 0 saturated carbocycles. The molecule has 1 amide bonds. The number of hydrogen-bond acceptors (Lipinski definition) is 4. The molecular formula is C20H17NO5. The van der Waals surface area contributed by atoms with Crippen molar-refractivity contribution in [1.82, 2.24) is 0 Å². The molecule has 6 nitrogen and oxygen atoms in total. The zero-order valence-electron chi connectivity index (χ0n) is 14.3. The number of nitrogens with one attached hydrogen (secondary N) is 1. The van der Waals surface area contributed by atoms with Crippen LogP contribution in [0.5, 0.6) is 5.75 Å². The average Bonchev–Trinajstić information content (AvgIpc) is 3.12. The van der Waals surface area contributed by atoms with Crippen LogP contribution in [0.3, 0.4) is 0 Å². The van der Waals surface area contributed by atoms with Crippen LogP contribution in [0.1, 0.15) is 26.5 Å². The third-order valence-electron chi connectivity index (χ3n) is 3.93. The molecule has 0 saturated heterocycles. The van der Waals surface area contributed by atoms with Crippen molar-refractivity contribution >= 4 is 17.6 Å². The second-order valence-electron chi connectivity index (χ2n) is 5.65. The molecule has 132 valence electrons. The number of amides is 1. The summed E-state index contributed by atoms with van der Waals surface area (Å²) in [6.07, 6.45) is 0. The molecule has 2 N–H and O–H groups in total. The highest BCUT2D eigenvalue weighted by Crippen LogP contribution is 2.34. The fraction of sp³-hybridized carbons (Fsp3) is 0.100. The molecule has 0 aliphatic rings. The summed E-state index contributed by atoms with van der Waals surface area (Å²) in [6.45, 7) is 1.87. The molecule has 1 heterocycles. The minimum absolute atomic E-state index is 0.170. The molecule has 0 fully saturated rings. The van der Waals surface area contributed by atoms with Crippen LogP contribution in [-0.2, 0) is 0 Å². The van der Waals surface area contributed by atoms with Gasteiger partial charge in [0.25, 0.3) is 5.91 Å². The van der Waals surface area contributed by atoms with Gasteiger partial charge in [-0.2, -0.15) is 0 Å². The van der Waals surface area contributed by atoms with Crippen molar-refractivity contribution in [3.05, 3.63) is 71.5 Å². The third kappa shape index (κ3) is 3.44. The van der Waals surface area contributed by atoms with E-state index in [4.69, 9.17) is 14.3 Å². The summed E-state index contributed by atoms with van der Waals surface area (Å²) in [5.74, 6) is -0.711. The molecule has 0 radical (unpaired) electrons. The maximum absolute atomic E-state index is 12.5. The molecule has 0 aliphatic carbocycles. The minimum Gasteiger partial charge on any atom is -0.496 e. The van der Waals surface area contributed by atoms with Crippen LogP contribution in [0.4, 0.5) is 5.69 Å². The molecule has 26 heavy (non-hydrogen) atoms. The van der Waals surface area contributed by atoms with Gasteiger partial charge in [-0.25, -0.2) is 4.79 Å². The van der Waals surface area contributed by atoms with Gasteiger partial charge in [-0.1, -0.05) is 18.2 Å². The van der Waals surface area contributed by atoms with Gasteiger partial charge in [0.2, 0.25) is 5.76 Å². The Morgan fingerprint density at radius 2 is 1.85 bits per heavy atom. The molecule has 1 aromatic heterocycles. The van der Waals surface area contributed by atoms with E-state index >= 15 is 0 Å². The molecule has 0 unspecified atom stereocenters. The van der Waals surface area contributed by atoms with Crippen LogP contribution >= 0.6 is 0 Å². The monoisotopic (exact) mass is 351 g/mol. The van der Waals surface area contributed by atoms with E-state index in [1.807, 2.05) is 19.1 Å². The van der Waals surface area contributed by atoms with Crippen molar-refractivity contribution in [3.63, 3.8) is 0 Å². The minimum atomic E-state index is -1.15. The van der Waals surface area contributed by atoms with Gasteiger partial charge < -0.3 is 19.6 Å². The Bertz CT molecular complexity index is 974. The summed E-state index contributed by atoms with van der Waals surface area (Å²) in [5, 5.41) is 11.9. The Kier molecular flexibility index (Phi) is 4.75. The van der Waals surface area contributed by atoms with Crippen molar-refractivity contribution < 1.29 is 23.8 Å². The Morgan fingerprint density at radius 3 is 2.50 bits per heavy atom. The number of methoxy groups -OCH3 is 1. The summed E-state index contributed by atoms with van der Waals surface area (Å²) in [4.78, 5) is 23.5.